The molecule has 0 bridgehead atoms. The Labute approximate surface area is 118 Å². The minimum atomic E-state index is -1.05. The van der Waals surface area contributed by atoms with Crippen LogP contribution >= 0.6 is 0 Å². The van der Waals surface area contributed by atoms with Gasteiger partial charge in [0.05, 0.1) is 6.61 Å². The quantitative estimate of drug-likeness (QED) is 0.746. The first kappa shape index (κ1) is 15.8. The van der Waals surface area contributed by atoms with Gasteiger partial charge in [-0.1, -0.05) is 13.8 Å². The summed E-state index contributed by atoms with van der Waals surface area (Å²) < 4.78 is 5.29. The molecule has 1 atom stereocenters. The lowest BCUT2D eigenvalue weighted by atomic mass is 10.1. The Kier molecular flexibility index (Phi) is 5.83. The van der Waals surface area contributed by atoms with Crippen LogP contribution in [-0.4, -0.2) is 29.8 Å². The first-order valence-corrected chi connectivity index (χ1v) is 6.47. The van der Waals surface area contributed by atoms with E-state index in [9.17, 15) is 9.59 Å². The number of ether oxygens (including phenoxy) is 1. The smallest absolute Gasteiger partial charge is 0.326 e. The van der Waals surface area contributed by atoms with Crippen LogP contribution in [0.25, 0.3) is 0 Å². The zero-order valence-corrected chi connectivity index (χ0v) is 11.8. The average Bonchev–Trinajstić information content (AvgIpc) is 2.38. The molecule has 0 fully saturated rings. The van der Waals surface area contributed by atoms with Crippen LogP contribution in [0.5, 0.6) is 5.75 Å². The molecule has 0 aliphatic heterocycles. The van der Waals surface area contributed by atoms with E-state index >= 15 is 0 Å². The fraction of sp³-hybridized carbons (Fsp3) is 0.429. The van der Waals surface area contributed by atoms with Crippen LogP contribution in [0, 0.1) is 5.92 Å². The van der Waals surface area contributed by atoms with Crippen LogP contribution < -0.4 is 15.4 Å². The van der Waals surface area contributed by atoms with Crippen molar-refractivity contribution in [3.05, 3.63) is 24.3 Å². The van der Waals surface area contributed by atoms with Gasteiger partial charge in [0.25, 0.3) is 0 Å². The fourth-order valence-corrected chi connectivity index (χ4v) is 1.62. The molecule has 0 spiro atoms. The first-order chi connectivity index (χ1) is 9.43. The van der Waals surface area contributed by atoms with E-state index in [1.165, 1.54) is 0 Å². The highest BCUT2D eigenvalue weighted by Gasteiger charge is 2.23. The average molecular weight is 280 g/mol. The summed E-state index contributed by atoms with van der Waals surface area (Å²) in [5.74, 6) is -0.538. The van der Waals surface area contributed by atoms with Crippen molar-refractivity contribution in [2.24, 2.45) is 5.92 Å². The summed E-state index contributed by atoms with van der Waals surface area (Å²) in [7, 11) is 0. The summed E-state index contributed by atoms with van der Waals surface area (Å²) in [6, 6.07) is 5.38. The molecule has 1 aromatic rings. The molecule has 1 rings (SSSR count). The Bertz CT molecular complexity index is 457. The standard InChI is InChI=1S/C14H20N2O4/c1-4-20-11-7-5-10(6-8-11)15-14(19)16-12(9(2)3)13(17)18/h5-9,12H,4H2,1-3H3,(H,17,18)(H2,15,16,19). The lowest BCUT2D eigenvalue weighted by Crippen LogP contribution is -2.46. The number of anilines is 1. The van der Waals surface area contributed by atoms with E-state index in [4.69, 9.17) is 9.84 Å². The third-order valence-corrected chi connectivity index (χ3v) is 2.64. The molecular formula is C14H20N2O4. The van der Waals surface area contributed by atoms with Crippen molar-refractivity contribution in [2.75, 3.05) is 11.9 Å². The molecule has 0 saturated heterocycles. The Morgan fingerprint density at radius 2 is 1.85 bits per heavy atom. The van der Waals surface area contributed by atoms with Crippen molar-refractivity contribution < 1.29 is 19.4 Å². The van der Waals surface area contributed by atoms with Crippen LogP contribution in [0.2, 0.25) is 0 Å². The maximum atomic E-state index is 11.7. The van der Waals surface area contributed by atoms with Crippen molar-refractivity contribution in [1.82, 2.24) is 5.32 Å². The van der Waals surface area contributed by atoms with Crippen LogP contribution in [0.4, 0.5) is 10.5 Å². The number of rotatable bonds is 6. The van der Waals surface area contributed by atoms with Crippen molar-refractivity contribution in [3.8, 4) is 5.75 Å². The van der Waals surface area contributed by atoms with E-state index in [1.54, 1.807) is 38.1 Å². The summed E-state index contributed by atoms with van der Waals surface area (Å²) in [5.41, 5.74) is 0.568. The molecule has 0 aliphatic carbocycles. The largest absolute Gasteiger partial charge is 0.494 e. The zero-order chi connectivity index (χ0) is 15.1. The van der Waals surface area contributed by atoms with E-state index < -0.39 is 18.0 Å². The minimum absolute atomic E-state index is 0.196. The molecule has 20 heavy (non-hydrogen) atoms. The molecule has 0 saturated carbocycles. The topological polar surface area (TPSA) is 87.7 Å². The number of carboxylic acid groups (broad SMARTS) is 1. The molecule has 0 aliphatic rings. The molecule has 110 valence electrons. The molecule has 1 aromatic carbocycles. The number of carbonyl (C=O) groups is 2. The van der Waals surface area contributed by atoms with E-state index in [2.05, 4.69) is 10.6 Å². The second-order valence-corrected chi connectivity index (χ2v) is 4.62. The fourth-order valence-electron chi connectivity index (χ4n) is 1.62. The molecule has 6 heteroatoms. The molecule has 3 N–H and O–H groups in total. The van der Waals surface area contributed by atoms with Gasteiger partial charge in [-0.05, 0) is 37.1 Å². The van der Waals surface area contributed by atoms with E-state index in [0.29, 0.717) is 18.0 Å². The normalized spacial score (nSPS) is 11.8. The molecule has 6 nitrogen and oxygen atoms in total. The number of carbonyl (C=O) groups excluding carboxylic acids is 1. The summed E-state index contributed by atoms with van der Waals surface area (Å²) in [6.07, 6.45) is 0. The summed E-state index contributed by atoms with van der Waals surface area (Å²) >= 11 is 0. The number of hydrogen-bond acceptors (Lipinski definition) is 3. The lowest BCUT2D eigenvalue weighted by Gasteiger charge is -2.18. The number of aliphatic carboxylic acids is 1. The Hall–Kier alpha value is -2.24. The molecule has 0 aromatic heterocycles. The van der Waals surface area contributed by atoms with Crippen LogP contribution in [0.15, 0.2) is 24.3 Å². The van der Waals surface area contributed by atoms with Gasteiger partial charge in [0.2, 0.25) is 0 Å². The van der Waals surface area contributed by atoms with E-state index in [-0.39, 0.29) is 5.92 Å². The van der Waals surface area contributed by atoms with Gasteiger partial charge in [0.1, 0.15) is 11.8 Å². The number of hydrogen-bond donors (Lipinski definition) is 3. The number of benzene rings is 1. The number of nitrogens with one attached hydrogen (secondary N) is 2. The van der Waals surface area contributed by atoms with Gasteiger partial charge < -0.3 is 20.5 Å². The second-order valence-electron chi connectivity index (χ2n) is 4.62. The number of urea groups is 1. The first-order valence-electron chi connectivity index (χ1n) is 6.47. The summed E-state index contributed by atoms with van der Waals surface area (Å²) in [4.78, 5) is 22.7. The number of amides is 2. The van der Waals surface area contributed by atoms with Crippen LogP contribution in [0.1, 0.15) is 20.8 Å². The lowest BCUT2D eigenvalue weighted by molar-refractivity contribution is -0.140. The van der Waals surface area contributed by atoms with Gasteiger partial charge >= 0.3 is 12.0 Å². The highest BCUT2D eigenvalue weighted by Crippen LogP contribution is 2.15. The highest BCUT2D eigenvalue weighted by atomic mass is 16.5. The predicted molar refractivity (Wildman–Crippen MR) is 76.0 cm³/mol. The predicted octanol–water partition coefficient (Wildman–Crippen LogP) is 2.32. The summed E-state index contributed by atoms with van der Waals surface area (Å²) in [5, 5.41) is 14.0. The number of carboxylic acids is 1. The van der Waals surface area contributed by atoms with Gasteiger partial charge in [-0.2, -0.15) is 0 Å². The van der Waals surface area contributed by atoms with Crippen LogP contribution in [0.3, 0.4) is 0 Å². The van der Waals surface area contributed by atoms with Crippen LogP contribution in [-0.2, 0) is 4.79 Å². The van der Waals surface area contributed by atoms with E-state index in [0.717, 1.165) is 0 Å². The van der Waals surface area contributed by atoms with Crippen molar-refractivity contribution in [3.63, 3.8) is 0 Å². The van der Waals surface area contributed by atoms with Crippen molar-refractivity contribution in [2.45, 2.75) is 26.8 Å². The SMILES string of the molecule is CCOc1ccc(NC(=O)NC(C(=O)O)C(C)C)cc1. The monoisotopic (exact) mass is 280 g/mol. The highest BCUT2D eigenvalue weighted by molar-refractivity contribution is 5.92. The Morgan fingerprint density at radius 3 is 2.30 bits per heavy atom. The molecule has 2 amide bonds. The second kappa shape index (κ2) is 7.37. The Morgan fingerprint density at radius 1 is 1.25 bits per heavy atom. The molecular weight excluding hydrogens is 260 g/mol. The zero-order valence-electron chi connectivity index (χ0n) is 11.8. The Balaban J connectivity index is 2.59. The van der Waals surface area contributed by atoms with Gasteiger partial charge in [-0.15, -0.1) is 0 Å². The third kappa shape index (κ3) is 4.79. The maximum Gasteiger partial charge on any atom is 0.326 e. The van der Waals surface area contributed by atoms with Gasteiger partial charge in [0.15, 0.2) is 0 Å². The summed E-state index contributed by atoms with van der Waals surface area (Å²) in [6.45, 7) is 5.92. The van der Waals surface area contributed by atoms with Crippen molar-refractivity contribution >= 4 is 17.7 Å². The third-order valence-electron chi connectivity index (χ3n) is 2.64. The van der Waals surface area contributed by atoms with Gasteiger partial charge in [-0.3, -0.25) is 0 Å². The minimum Gasteiger partial charge on any atom is -0.494 e. The van der Waals surface area contributed by atoms with Gasteiger partial charge in [0, 0.05) is 5.69 Å². The van der Waals surface area contributed by atoms with Gasteiger partial charge in [-0.25, -0.2) is 9.59 Å². The molecule has 1 unspecified atom stereocenters. The van der Waals surface area contributed by atoms with E-state index in [1.807, 2.05) is 6.92 Å². The molecule has 0 heterocycles. The maximum absolute atomic E-state index is 11.7. The van der Waals surface area contributed by atoms with Crippen molar-refractivity contribution in [1.29, 1.82) is 0 Å². The molecule has 0 radical (unpaired) electrons.